The predicted octanol–water partition coefficient (Wildman–Crippen LogP) is 5.06. The first-order chi connectivity index (χ1) is 8.58. The third-order valence-electron chi connectivity index (χ3n) is 2.48. The highest BCUT2D eigenvalue weighted by molar-refractivity contribution is 9.11. The molecule has 0 aliphatic heterocycles. The van der Waals surface area contributed by atoms with Crippen LogP contribution in [0.1, 0.15) is 18.6 Å². The van der Waals surface area contributed by atoms with Crippen molar-refractivity contribution in [3.63, 3.8) is 0 Å². The number of ether oxygens (including phenoxy) is 1. The Balaban J connectivity index is 2.34. The topological polar surface area (TPSA) is 29.5 Å². The number of aliphatic hydroxyl groups excluding tert-OH is 1. The first-order valence-electron chi connectivity index (χ1n) is 5.48. The minimum Gasteiger partial charge on any atom is -0.456 e. The number of para-hydroxylation sites is 1. The van der Waals surface area contributed by atoms with Crippen LogP contribution in [0.5, 0.6) is 11.5 Å². The first-order valence-corrected chi connectivity index (χ1v) is 7.06. The van der Waals surface area contributed by atoms with E-state index in [0.29, 0.717) is 11.5 Å². The molecular formula is C14H12Br2O2. The van der Waals surface area contributed by atoms with E-state index >= 15 is 0 Å². The quantitative estimate of drug-likeness (QED) is 0.817. The number of aliphatic hydroxyl groups is 1. The summed E-state index contributed by atoms with van der Waals surface area (Å²) in [4.78, 5) is 0. The molecule has 0 saturated heterocycles. The second-order valence-corrected chi connectivity index (χ2v) is 5.66. The Morgan fingerprint density at radius 2 is 1.78 bits per heavy atom. The van der Waals surface area contributed by atoms with Crippen LogP contribution in [0, 0.1) is 0 Å². The second-order valence-electron chi connectivity index (χ2n) is 3.89. The van der Waals surface area contributed by atoms with Crippen LogP contribution in [0.2, 0.25) is 0 Å². The van der Waals surface area contributed by atoms with Crippen molar-refractivity contribution in [1.82, 2.24) is 0 Å². The van der Waals surface area contributed by atoms with E-state index < -0.39 is 6.10 Å². The number of hydrogen-bond acceptors (Lipinski definition) is 2. The van der Waals surface area contributed by atoms with Gasteiger partial charge in [-0.05, 0) is 47.1 Å². The molecule has 94 valence electrons. The lowest BCUT2D eigenvalue weighted by atomic mass is 10.1. The fourth-order valence-electron chi connectivity index (χ4n) is 1.60. The van der Waals surface area contributed by atoms with Crippen molar-refractivity contribution in [3.8, 4) is 11.5 Å². The van der Waals surface area contributed by atoms with Gasteiger partial charge in [0.1, 0.15) is 11.5 Å². The third kappa shape index (κ3) is 3.13. The van der Waals surface area contributed by atoms with Crippen LogP contribution in [0.25, 0.3) is 0 Å². The molecule has 0 heterocycles. The highest BCUT2D eigenvalue weighted by Gasteiger charge is 2.10. The molecule has 0 bridgehead atoms. The van der Waals surface area contributed by atoms with Gasteiger partial charge in [-0.3, -0.25) is 0 Å². The minimum atomic E-state index is -0.560. The molecule has 1 atom stereocenters. The molecule has 2 aromatic carbocycles. The van der Waals surface area contributed by atoms with Crippen molar-refractivity contribution in [2.45, 2.75) is 13.0 Å². The second kappa shape index (κ2) is 5.87. The number of halogens is 2. The van der Waals surface area contributed by atoms with Gasteiger partial charge >= 0.3 is 0 Å². The largest absolute Gasteiger partial charge is 0.456 e. The molecule has 18 heavy (non-hydrogen) atoms. The van der Waals surface area contributed by atoms with Crippen LogP contribution in [0.4, 0.5) is 0 Å². The molecule has 4 heteroatoms. The Labute approximate surface area is 123 Å². The normalized spacial score (nSPS) is 12.2. The average Bonchev–Trinajstić information content (AvgIpc) is 2.33. The van der Waals surface area contributed by atoms with Gasteiger partial charge in [-0.25, -0.2) is 0 Å². The maximum Gasteiger partial charge on any atom is 0.141 e. The lowest BCUT2D eigenvalue weighted by molar-refractivity contribution is 0.195. The predicted molar refractivity (Wildman–Crippen MR) is 79.0 cm³/mol. The Hall–Kier alpha value is -0.840. The number of rotatable bonds is 3. The molecule has 0 radical (unpaired) electrons. The summed E-state index contributed by atoms with van der Waals surface area (Å²) in [5.41, 5.74) is 0.771. The molecule has 2 nitrogen and oxygen atoms in total. The summed E-state index contributed by atoms with van der Waals surface area (Å²) in [7, 11) is 0. The van der Waals surface area contributed by atoms with Gasteiger partial charge in [0.15, 0.2) is 0 Å². The number of benzene rings is 2. The zero-order chi connectivity index (χ0) is 13.1. The maximum atomic E-state index is 9.70. The molecular weight excluding hydrogens is 360 g/mol. The molecule has 1 N–H and O–H groups in total. The van der Waals surface area contributed by atoms with Crippen molar-refractivity contribution in [2.75, 3.05) is 0 Å². The molecule has 0 aliphatic rings. The number of hydrogen-bond donors (Lipinski definition) is 1. The summed E-state index contributed by atoms with van der Waals surface area (Å²) in [6.07, 6.45) is -0.560. The SMILES string of the molecule is C[C@H](O)c1ccccc1Oc1ccc(Br)cc1Br. The molecule has 2 aromatic rings. The Kier molecular flexibility index (Phi) is 4.43. The van der Waals surface area contributed by atoms with Crippen molar-refractivity contribution in [1.29, 1.82) is 0 Å². The van der Waals surface area contributed by atoms with Crippen molar-refractivity contribution in [3.05, 3.63) is 57.0 Å². The lowest BCUT2D eigenvalue weighted by Gasteiger charge is -2.14. The highest BCUT2D eigenvalue weighted by atomic mass is 79.9. The molecule has 0 unspecified atom stereocenters. The van der Waals surface area contributed by atoms with Gasteiger partial charge in [0.05, 0.1) is 10.6 Å². The zero-order valence-corrected chi connectivity index (χ0v) is 12.9. The summed E-state index contributed by atoms with van der Waals surface area (Å²) in [5, 5.41) is 9.70. The van der Waals surface area contributed by atoms with E-state index in [2.05, 4.69) is 31.9 Å². The minimum absolute atomic E-state index is 0.560. The fraction of sp³-hybridized carbons (Fsp3) is 0.143. The van der Waals surface area contributed by atoms with Crippen LogP contribution in [0.3, 0.4) is 0 Å². The van der Waals surface area contributed by atoms with E-state index in [1.54, 1.807) is 6.92 Å². The van der Waals surface area contributed by atoms with Crippen LogP contribution in [-0.4, -0.2) is 5.11 Å². The van der Waals surface area contributed by atoms with E-state index in [1.165, 1.54) is 0 Å². The molecule has 0 aromatic heterocycles. The van der Waals surface area contributed by atoms with Crippen molar-refractivity contribution in [2.24, 2.45) is 0 Å². The van der Waals surface area contributed by atoms with Crippen LogP contribution in [-0.2, 0) is 0 Å². The van der Waals surface area contributed by atoms with Gasteiger partial charge < -0.3 is 9.84 Å². The van der Waals surface area contributed by atoms with Gasteiger partial charge in [0, 0.05) is 10.0 Å². The van der Waals surface area contributed by atoms with Crippen LogP contribution in [0.15, 0.2) is 51.4 Å². The molecule has 0 amide bonds. The fourth-order valence-corrected chi connectivity index (χ4v) is 2.72. The van der Waals surface area contributed by atoms with Crippen molar-refractivity contribution >= 4 is 31.9 Å². The van der Waals surface area contributed by atoms with Gasteiger partial charge in [0.2, 0.25) is 0 Å². The highest BCUT2D eigenvalue weighted by Crippen LogP contribution is 2.34. The lowest BCUT2D eigenvalue weighted by Crippen LogP contribution is -1.96. The van der Waals surface area contributed by atoms with E-state index in [0.717, 1.165) is 14.5 Å². The van der Waals surface area contributed by atoms with Gasteiger partial charge in [-0.1, -0.05) is 34.1 Å². The first kappa shape index (κ1) is 13.6. The molecule has 0 aliphatic carbocycles. The molecule has 0 saturated carbocycles. The van der Waals surface area contributed by atoms with Crippen LogP contribution < -0.4 is 4.74 Å². The van der Waals surface area contributed by atoms with Crippen molar-refractivity contribution < 1.29 is 9.84 Å². The summed E-state index contributed by atoms with van der Waals surface area (Å²) in [6.45, 7) is 1.72. The average molecular weight is 372 g/mol. The Bertz CT molecular complexity index is 553. The summed E-state index contributed by atoms with van der Waals surface area (Å²) < 4.78 is 7.66. The standard InChI is InChI=1S/C14H12Br2O2/c1-9(17)11-4-2-3-5-13(11)18-14-7-6-10(15)8-12(14)16/h2-9,17H,1H3/t9-/m0/s1. The summed E-state index contributed by atoms with van der Waals surface area (Å²) >= 11 is 6.84. The van der Waals surface area contributed by atoms with Gasteiger partial charge in [-0.15, -0.1) is 0 Å². The molecule has 0 fully saturated rings. The smallest absolute Gasteiger partial charge is 0.141 e. The van der Waals surface area contributed by atoms with E-state index in [9.17, 15) is 5.11 Å². The van der Waals surface area contributed by atoms with Crippen LogP contribution >= 0.6 is 31.9 Å². The maximum absolute atomic E-state index is 9.70. The van der Waals surface area contributed by atoms with E-state index in [1.807, 2.05) is 42.5 Å². The summed E-state index contributed by atoms with van der Waals surface area (Å²) in [5.74, 6) is 1.38. The van der Waals surface area contributed by atoms with E-state index in [-0.39, 0.29) is 0 Å². The Morgan fingerprint density at radius 3 is 2.44 bits per heavy atom. The molecule has 0 spiro atoms. The Morgan fingerprint density at radius 1 is 1.06 bits per heavy atom. The monoisotopic (exact) mass is 370 g/mol. The van der Waals surface area contributed by atoms with E-state index in [4.69, 9.17) is 4.74 Å². The third-order valence-corrected chi connectivity index (χ3v) is 3.60. The summed E-state index contributed by atoms with van der Waals surface area (Å²) in [6, 6.07) is 13.2. The zero-order valence-electron chi connectivity index (χ0n) is 9.73. The van der Waals surface area contributed by atoms with Gasteiger partial charge in [0.25, 0.3) is 0 Å². The van der Waals surface area contributed by atoms with Gasteiger partial charge in [-0.2, -0.15) is 0 Å². The molecule has 2 rings (SSSR count).